The molecule has 1 unspecified atom stereocenters. The van der Waals surface area contributed by atoms with Gasteiger partial charge >= 0.3 is 0 Å². The van der Waals surface area contributed by atoms with Crippen molar-refractivity contribution >= 4 is 0 Å². The molecular weight excluding hydrogens is 316 g/mol. The molecule has 2 aromatic rings. The van der Waals surface area contributed by atoms with E-state index >= 15 is 0 Å². The Morgan fingerprint density at radius 3 is 2.76 bits per heavy atom. The van der Waals surface area contributed by atoms with Gasteiger partial charge in [0.05, 0.1) is 19.0 Å². The fourth-order valence-electron chi connectivity index (χ4n) is 3.34. The SMILES string of the molecule is C[C@@H]1CN(Cc2ccccc2)CCN1CC(O)COCc1ccco1. The van der Waals surface area contributed by atoms with Crippen molar-refractivity contribution in [2.24, 2.45) is 0 Å². The Bertz CT molecular complexity index is 603. The number of hydrogen-bond donors (Lipinski definition) is 1. The number of nitrogens with zero attached hydrogens (tertiary/aromatic N) is 2. The smallest absolute Gasteiger partial charge is 0.129 e. The van der Waals surface area contributed by atoms with Crippen molar-refractivity contribution in [3.8, 4) is 0 Å². The Morgan fingerprint density at radius 1 is 1.20 bits per heavy atom. The van der Waals surface area contributed by atoms with Crippen molar-refractivity contribution in [1.29, 1.82) is 0 Å². The highest BCUT2D eigenvalue weighted by Gasteiger charge is 2.25. The number of ether oxygens (including phenoxy) is 1. The van der Waals surface area contributed by atoms with E-state index in [1.54, 1.807) is 6.26 Å². The van der Waals surface area contributed by atoms with Gasteiger partial charge in [0.25, 0.3) is 0 Å². The summed E-state index contributed by atoms with van der Waals surface area (Å²) in [5, 5.41) is 10.2. The van der Waals surface area contributed by atoms with Gasteiger partial charge in [0.1, 0.15) is 12.4 Å². The molecule has 1 aliphatic heterocycles. The van der Waals surface area contributed by atoms with E-state index in [-0.39, 0.29) is 0 Å². The summed E-state index contributed by atoms with van der Waals surface area (Å²) in [6.45, 7) is 7.64. The average Bonchev–Trinajstić information content (AvgIpc) is 3.12. The van der Waals surface area contributed by atoms with E-state index in [1.165, 1.54) is 5.56 Å². The fraction of sp³-hybridized carbons (Fsp3) is 0.500. The highest BCUT2D eigenvalue weighted by Crippen LogP contribution is 2.14. The first-order valence-electron chi connectivity index (χ1n) is 8.99. The molecule has 0 bridgehead atoms. The van der Waals surface area contributed by atoms with Gasteiger partial charge in [-0.05, 0) is 24.6 Å². The van der Waals surface area contributed by atoms with Gasteiger partial charge in [-0.3, -0.25) is 9.80 Å². The lowest BCUT2D eigenvalue weighted by Gasteiger charge is -2.40. The first-order valence-corrected chi connectivity index (χ1v) is 8.99. The maximum absolute atomic E-state index is 10.2. The van der Waals surface area contributed by atoms with Gasteiger partial charge in [0, 0.05) is 38.8 Å². The van der Waals surface area contributed by atoms with Crippen molar-refractivity contribution in [1.82, 2.24) is 9.80 Å². The Labute approximate surface area is 149 Å². The number of aliphatic hydroxyl groups is 1. The number of hydrogen-bond acceptors (Lipinski definition) is 5. The third-order valence-electron chi connectivity index (χ3n) is 4.68. The molecule has 1 saturated heterocycles. The van der Waals surface area contributed by atoms with Crippen molar-refractivity contribution in [2.45, 2.75) is 32.2 Å². The normalized spacial score (nSPS) is 20.6. The second-order valence-electron chi connectivity index (χ2n) is 6.81. The van der Waals surface area contributed by atoms with Crippen LogP contribution in [0.5, 0.6) is 0 Å². The van der Waals surface area contributed by atoms with Gasteiger partial charge in [-0.1, -0.05) is 30.3 Å². The van der Waals surface area contributed by atoms with E-state index < -0.39 is 6.10 Å². The van der Waals surface area contributed by atoms with Gasteiger partial charge in [0.2, 0.25) is 0 Å². The standard InChI is InChI=1S/C20H28N2O3/c1-17-12-21(13-18-6-3-2-4-7-18)9-10-22(17)14-19(23)15-24-16-20-8-5-11-25-20/h2-8,11,17,19,23H,9-10,12-16H2,1H3/t17-,19?/m1/s1. The molecule has 5 heteroatoms. The van der Waals surface area contributed by atoms with Crippen LogP contribution in [0.15, 0.2) is 53.1 Å². The van der Waals surface area contributed by atoms with E-state index in [1.807, 2.05) is 12.1 Å². The molecule has 0 saturated carbocycles. The quantitative estimate of drug-likeness (QED) is 0.797. The maximum Gasteiger partial charge on any atom is 0.129 e. The largest absolute Gasteiger partial charge is 0.467 e. The van der Waals surface area contributed by atoms with Crippen LogP contribution in [-0.4, -0.2) is 59.8 Å². The molecule has 1 aliphatic rings. The third kappa shape index (κ3) is 5.68. The first-order chi connectivity index (χ1) is 12.2. The lowest BCUT2D eigenvalue weighted by molar-refractivity contribution is -0.0150. The van der Waals surface area contributed by atoms with E-state index in [0.717, 1.165) is 31.9 Å². The summed E-state index contributed by atoms with van der Waals surface area (Å²) in [5.41, 5.74) is 1.36. The van der Waals surface area contributed by atoms with Crippen molar-refractivity contribution in [3.63, 3.8) is 0 Å². The van der Waals surface area contributed by atoms with Gasteiger partial charge in [-0.25, -0.2) is 0 Å². The molecule has 2 atom stereocenters. The van der Waals surface area contributed by atoms with Crippen LogP contribution < -0.4 is 0 Å². The molecule has 1 fully saturated rings. The highest BCUT2D eigenvalue weighted by atomic mass is 16.5. The number of rotatable bonds is 8. The molecule has 1 aromatic carbocycles. The van der Waals surface area contributed by atoms with Crippen LogP contribution in [0.1, 0.15) is 18.2 Å². The number of β-amino-alcohol motifs (C(OH)–C–C–N with tert-alkyl or cyclic N) is 1. The minimum absolute atomic E-state index is 0.331. The average molecular weight is 344 g/mol. The van der Waals surface area contributed by atoms with Crippen LogP contribution >= 0.6 is 0 Å². The first kappa shape index (κ1) is 18.1. The van der Waals surface area contributed by atoms with Crippen LogP contribution in [0.3, 0.4) is 0 Å². The van der Waals surface area contributed by atoms with E-state index in [4.69, 9.17) is 9.15 Å². The molecule has 2 heterocycles. The van der Waals surface area contributed by atoms with Gasteiger partial charge < -0.3 is 14.3 Å². The predicted molar refractivity (Wildman–Crippen MR) is 97.1 cm³/mol. The topological polar surface area (TPSA) is 49.1 Å². The van der Waals surface area contributed by atoms with Crippen LogP contribution in [0.2, 0.25) is 0 Å². The minimum atomic E-state index is -0.474. The molecule has 0 spiro atoms. The molecule has 0 aliphatic carbocycles. The highest BCUT2D eigenvalue weighted by molar-refractivity contribution is 5.14. The predicted octanol–water partition coefficient (Wildman–Crippen LogP) is 2.36. The molecule has 0 amide bonds. The monoisotopic (exact) mass is 344 g/mol. The summed E-state index contributed by atoms with van der Waals surface area (Å²) >= 11 is 0. The van der Waals surface area contributed by atoms with E-state index in [2.05, 4.69) is 47.1 Å². The third-order valence-corrected chi connectivity index (χ3v) is 4.68. The zero-order valence-electron chi connectivity index (χ0n) is 14.9. The summed E-state index contributed by atoms with van der Waals surface area (Å²) in [4.78, 5) is 4.83. The molecular formula is C20H28N2O3. The Morgan fingerprint density at radius 2 is 2.04 bits per heavy atom. The second kappa shape index (κ2) is 9.15. The Hall–Kier alpha value is -1.66. The van der Waals surface area contributed by atoms with Crippen molar-refractivity contribution < 1.29 is 14.3 Å². The number of piperazine rings is 1. The van der Waals surface area contributed by atoms with E-state index in [0.29, 0.717) is 25.8 Å². The van der Waals surface area contributed by atoms with Crippen LogP contribution in [0.25, 0.3) is 0 Å². The molecule has 25 heavy (non-hydrogen) atoms. The minimum Gasteiger partial charge on any atom is -0.467 e. The van der Waals surface area contributed by atoms with E-state index in [9.17, 15) is 5.11 Å². The number of furan rings is 1. The van der Waals surface area contributed by atoms with Crippen molar-refractivity contribution in [2.75, 3.05) is 32.8 Å². The summed E-state index contributed by atoms with van der Waals surface area (Å²) in [6, 6.07) is 14.7. The molecule has 1 aromatic heterocycles. The molecule has 5 nitrogen and oxygen atoms in total. The zero-order valence-corrected chi connectivity index (χ0v) is 14.9. The summed E-state index contributed by atoms with van der Waals surface area (Å²) in [6.07, 6.45) is 1.16. The van der Waals surface area contributed by atoms with Crippen LogP contribution in [0.4, 0.5) is 0 Å². The van der Waals surface area contributed by atoms with Gasteiger partial charge in [-0.2, -0.15) is 0 Å². The van der Waals surface area contributed by atoms with Crippen molar-refractivity contribution in [3.05, 3.63) is 60.1 Å². The summed E-state index contributed by atoms with van der Waals surface area (Å²) < 4.78 is 10.8. The summed E-state index contributed by atoms with van der Waals surface area (Å²) in [7, 11) is 0. The van der Waals surface area contributed by atoms with Crippen LogP contribution in [-0.2, 0) is 17.9 Å². The number of aliphatic hydroxyl groups excluding tert-OH is 1. The zero-order chi connectivity index (χ0) is 17.5. The van der Waals surface area contributed by atoms with Crippen LogP contribution in [0, 0.1) is 0 Å². The summed E-state index contributed by atoms with van der Waals surface area (Å²) in [5.74, 6) is 0.787. The van der Waals surface area contributed by atoms with Gasteiger partial charge in [-0.15, -0.1) is 0 Å². The lowest BCUT2D eigenvalue weighted by Crippen LogP contribution is -2.53. The molecule has 136 valence electrons. The Kier molecular flexibility index (Phi) is 6.64. The lowest BCUT2D eigenvalue weighted by atomic mass is 10.1. The fourth-order valence-corrected chi connectivity index (χ4v) is 3.34. The molecule has 0 radical (unpaired) electrons. The number of benzene rings is 1. The second-order valence-corrected chi connectivity index (χ2v) is 6.81. The molecule has 3 rings (SSSR count). The molecule has 1 N–H and O–H groups in total. The van der Waals surface area contributed by atoms with Gasteiger partial charge in [0.15, 0.2) is 0 Å². The Balaban J connectivity index is 1.37. The maximum atomic E-state index is 10.2.